The van der Waals surface area contributed by atoms with E-state index >= 15 is 0 Å². The third kappa shape index (κ3) is 1.30. The van der Waals surface area contributed by atoms with Crippen molar-refractivity contribution in [1.29, 1.82) is 0 Å². The lowest BCUT2D eigenvalue weighted by Gasteiger charge is -2.07. The monoisotopic (exact) mass is 235 g/mol. The topological polar surface area (TPSA) is 30.7 Å². The Labute approximate surface area is 105 Å². The fourth-order valence-corrected chi connectivity index (χ4v) is 2.85. The lowest BCUT2D eigenvalue weighted by atomic mass is 9.97. The second-order valence-corrected chi connectivity index (χ2v) is 4.72. The number of pyridine rings is 1. The van der Waals surface area contributed by atoms with Crippen LogP contribution in [0.3, 0.4) is 0 Å². The first kappa shape index (κ1) is 9.83. The molecule has 1 atom stereocenters. The third-order valence-corrected chi connectivity index (χ3v) is 3.69. The fraction of sp³-hybridized carbons (Fsp3) is 0.200. The molecule has 0 amide bonds. The van der Waals surface area contributed by atoms with Crippen molar-refractivity contribution in [1.82, 2.24) is 14.5 Å². The van der Waals surface area contributed by atoms with Gasteiger partial charge in [-0.05, 0) is 24.1 Å². The van der Waals surface area contributed by atoms with Gasteiger partial charge < -0.3 is 4.57 Å². The largest absolute Gasteiger partial charge is 0.312 e. The predicted octanol–water partition coefficient (Wildman–Crippen LogP) is 2.97. The van der Waals surface area contributed by atoms with Crippen molar-refractivity contribution in [3.8, 4) is 0 Å². The van der Waals surface area contributed by atoms with Crippen LogP contribution in [0.25, 0.3) is 11.2 Å². The van der Waals surface area contributed by atoms with Gasteiger partial charge >= 0.3 is 0 Å². The molecule has 18 heavy (non-hydrogen) atoms. The van der Waals surface area contributed by atoms with Crippen LogP contribution in [0.1, 0.15) is 23.7 Å². The molecule has 3 heteroatoms. The van der Waals surface area contributed by atoms with Crippen molar-refractivity contribution in [2.45, 2.75) is 18.9 Å². The minimum atomic E-state index is 0.417. The molecule has 1 aliphatic rings. The summed E-state index contributed by atoms with van der Waals surface area (Å²) >= 11 is 0. The number of benzene rings is 1. The first-order valence-corrected chi connectivity index (χ1v) is 6.29. The second-order valence-electron chi connectivity index (χ2n) is 4.72. The van der Waals surface area contributed by atoms with E-state index in [0.717, 1.165) is 30.0 Å². The molecule has 4 rings (SSSR count). The third-order valence-electron chi connectivity index (χ3n) is 3.69. The summed E-state index contributed by atoms with van der Waals surface area (Å²) in [5, 5.41) is 0. The summed E-state index contributed by atoms with van der Waals surface area (Å²) in [6, 6.07) is 14.6. The van der Waals surface area contributed by atoms with Crippen molar-refractivity contribution in [3.05, 3.63) is 60.0 Å². The maximum atomic E-state index is 4.75. The highest BCUT2D eigenvalue weighted by Gasteiger charge is 2.27. The number of fused-ring (bicyclic) bond motifs is 3. The number of hydrogen-bond acceptors (Lipinski definition) is 2. The summed E-state index contributed by atoms with van der Waals surface area (Å²) in [5.41, 5.74) is 3.38. The van der Waals surface area contributed by atoms with Crippen LogP contribution in [-0.4, -0.2) is 14.5 Å². The van der Waals surface area contributed by atoms with Gasteiger partial charge in [0.2, 0.25) is 0 Å². The summed E-state index contributed by atoms with van der Waals surface area (Å²) in [7, 11) is 0. The molecule has 1 aliphatic heterocycles. The highest BCUT2D eigenvalue weighted by molar-refractivity contribution is 5.71. The average molecular weight is 235 g/mol. The fourth-order valence-electron chi connectivity index (χ4n) is 2.85. The van der Waals surface area contributed by atoms with Crippen molar-refractivity contribution in [3.63, 3.8) is 0 Å². The SMILES string of the molecule is c1ccc(C2CCn3c2nc2cccnc23)cc1. The molecule has 1 aromatic carbocycles. The van der Waals surface area contributed by atoms with Crippen LogP contribution in [0.5, 0.6) is 0 Å². The highest BCUT2D eigenvalue weighted by atomic mass is 15.1. The smallest absolute Gasteiger partial charge is 0.159 e. The number of aryl methyl sites for hydroxylation is 1. The molecule has 0 bridgehead atoms. The van der Waals surface area contributed by atoms with Crippen LogP contribution < -0.4 is 0 Å². The molecule has 1 unspecified atom stereocenters. The van der Waals surface area contributed by atoms with Crippen LogP contribution >= 0.6 is 0 Å². The highest BCUT2D eigenvalue weighted by Crippen LogP contribution is 2.35. The Morgan fingerprint density at radius 1 is 1.06 bits per heavy atom. The Morgan fingerprint density at radius 2 is 1.94 bits per heavy atom. The van der Waals surface area contributed by atoms with Gasteiger partial charge in [0, 0.05) is 18.7 Å². The number of hydrogen-bond donors (Lipinski definition) is 0. The molecule has 2 aromatic heterocycles. The van der Waals surface area contributed by atoms with Crippen molar-refractivity contribution in [2.75, 3.05) is 0 Å². The van der Waals surface area contributed by atoms with Gasteiger partial charge in [-0.1, -0.05) is 30.3 Å². The molecule has 0 aliphatic carbocycles. The van der Waals surface area contributed by atoms with E-state index in [-0.39, 0.29) is 0 Å². The Morgan fingerprint density at radius 3 is 2.83 bits per heavy atom. The Balaban J connectivity index is 1.90. The minimum Gasteiger partial charge on any atom is -0.312 e. The average Bonchev–Trinajstić information content (AvgIpc) is 2.98. The molecule has 88 valence electrons. The lowest BCUT2D eigenvalue weighted by Crippen LogP contribution is -1.97. The van der Waals surface area contributed by atoms with Gasteiger partial charge in [-0.15, -0.1) is 0 Å². The van der Waals surface area contributed by atoms with Crippen molar-refractivity contribution >= 4 is 11.2 Å². The van der Waals surface area contributed by atoms with Crippen LogP contribution in [0.4, 0.5) is 0 Å². The first-order chi connectivity index (χ1) is 8.93. The van der Waals surface area contributed by atoms with E-state index in [2.05, 4.69) is 39.9 Å². The zero-order valence-electron chi connectivity index (χ0n) is 9.95. The molecule has 3 nitrogen and oxygen atoms in total. The normalized spacial score (nSPS) is 18.1. The molecule has 0 fully saturated rings. The summed E-state index contributed by atoms with van der Waals surface area (Å²) < 4.78 is 2.26. The molecule has 0 radical (unpaired) electrons. The van der Waals surface area contributed by atoms with Gasteiger partial charge in [0.1, 0.15) is 11.3 Å². The van der Waals surface area contributed by atoms with Crippen LogP contribution in [0, 0.1) is 0 Å². The van der Waals surface area contributed by atoms with E-state index in [1.165, 1.54) is 5.56 Å². The molecular weight excluding hydrogens is 222 g/mol. The van der Waals surface area contributed by atoms with E-state index in [1.807, 2.05) is 18.3 Å². The van der Waals surface area contributed by atoms with E-state index in [9.17, 15) is 0 Å². The van der Waals surface area contributed by atoms with Gasteiger partial charge in [0.25, 0.3) is 0 Å². The van der Waals surface area contributed by atoms with Crippen molar-refractivity contribution in [2.24, 2.45) is 0 Å². The second kappa shape index (κ2) is 3.67. The van der Waals surface area contributed by atoms with Gasteiger partial charge in [-0.25, -0.2) is 9.97 Å². The molecule has 0 saturated heterocycles. The summed E-state index contributed by atoms with van der Waals surface area (Å²) in [4.78, 5) is 9.19. The summed E-state index contributed by atoms with van der Waals surface area (Å²) in [6.45, 7) is 1.02. The van der Waals surface area contributed by atoms with Gasteiger partial charge in [0.15, 0.2) is 5.65 Å². The summed E-state index contributed by atoms with van der Waals surface area (Å²) in [6.07, 6.45) is 2.96. The van der Waals surface area contributed by atoms with Gasteiger partial charge in [0.05, 0.1) is 0 Å². The molecule has 3 heterocycles. The van der Waals surface area contributed by atoms with E-state index in [4.69, 9.17) is 4.98 Å². The van der Waals surface area contributed by atoms with Gasteiger partial charge in [-0.3, -0.25) is 0 Å². The number of nitrogens with zero attached hydrogens (tertiary/aromatic N) is 3. The number of aromatic nitrogens is 3. The molecular formula is C15H13N3. The molecule has 0 N–H and O–H groups in total. The zero-order chi connectivity index (χ0) is 11.9. The maximum absolute atomic E-state index is 4.75. The summed E-state index contributed by atoms with van der Waals surface area (Å²) in [5.74, 6) is 1.58. The van der Waals surface area contributed by atoms with E-state index < -0.39 is 0 Å². The Kier molecular flexibility index (Phi) is 2.00. The first-order valence-electron chi connectivity index (χ1n) is 6.29. The zero-order valence-corrected chi connectivity index (χ0v) is 9.95. The van der Waals surface area contributed by atoms with Crippen LogP contribution in [-0.2, 0) is 6.54 Å². The Hall–Kier alpha value is -2.16. The van der Waals surface area contributed by atoms with Crippen LogP contribution in [0.15, 0.2) is 48.7 Å². The number of rotatable bonds is 1. The van der Waals surface area contributed by atoms with Crippen LogP contribution in [0.2, 0.25) is 0 Å². The standard InChI is InChI=1S/C15H13N3/c1-2-5-11(6-3-1)12-8-10-18-14(12)17-13-7-4-9-16-15(13)18/h1-7,9,12H,8,10H2. The lowest BCUT2D eigenvalue weighted by molar-refractivity contribution is 0.730. The van der Waals surface area contributed by atoms with E-state index in [1.54, 1.807) is 0 Å². The molecule has 0 spiro atoms. The quantitative estimate of drug-likeness (QED) is 0.649. The molecule has 0 saturated carbocycles. The molecule has 3 aromatic rings. The van der Waals surface area contributed by atoms with Gasteiger partial charge in [-0.2, -0.15) is 0 Å². The van der Waals surface area contributed by atoms with E-state index in [0.29, 0.717) is 5.92 Å². The minimum absolute atomic E-state index is 0.417. The Bertz CT molecular complexity index is 700. The maximum Gasteiger partial charge on any atom is 0.159 e. The predicted molar refractivity (Wildman–Crippen MR) is 70.4 cm³/mol. The number of imidazole rings is 1. The van der Waals surface area contributed by atoms with Crippen molar-refractivity contribution < 1.29 is 0 Å².